The molecule has 3 rings (SSSR count). The van der Waals surface area contributed by atoms with Gasteiger partial charge in [-0.1, -0.05) is 44.2 Å². The molecular weight excluding hydrogens is 392 g/mol. The number of hydrogen-bond donors (Lipinski definition) is 1. The van der Waals surface area contributed by atoms with Gasteiger partial charge < -0.3 is 10.1 Å². The van der Waals surface area contributed by atoms with Crippen molar-refractivity contribution in [2.24, 2.45) is 0 Å². The van der Waals surface area contributed by atoms with Crippen molar-refractivity contribution in [3.63, 3.8) is 0 Å². The second kappa shape index (κ2) is 10.5. The number of nitrogens with one attached hydrogen (secondary N) is 1. The van der Waals surface area contributed by atoms with E-state index in [4.69, 9.17) is 4.74 Å². The number of likely N-dealkylation sites (N-methyl/N-ethyl adjacent to an activating group) is 1. The molecule has 31 heavy (non-hydrogen) atoms. The highest BCUT2D eigenvalue weighted by Gasteiger charge is 2.25. The molecule has 7 nitrogen and oxygen atoms in total. The Morgan fingerprint density at radius 1 is 1.00 bits per heavy atom. The fourth-order valence-electron chi connectivity index (χ4n) is 3.44. The molecule has 0 fully saturated rings. The number of amides is 1. The summed E-state index contributed by atoms with van der Waals surface area (Å²) in [5.74, 6) is -0.528. The van der Waals surface area contributed by atoms with Crippen LogP contribution in [0, 0.1) is 0 Å². The lowest BCUT2D eigenvalue weighted by Gasteiger charge is -2.29. The standard InChI is InChI=1S/C24H28N4O3/c1-4-27(5-2)22(18-10-8-7-9-11-18)23(29)25-19-12-14-20(15-13-19)28-17-16-21(26-28)24(30)31-6-3/h7-17,22H,4-6H2,1-3H3,(H,25,29). The van der Waals surface area contributed by atoms with E-state index in [9.17, 15) is 9.59 Å². The monoisotopic (exact) mass is 420 g/mol. The number of carbonyl (C=O) groups excluding carboxylic acids is 2. The lowest BCUT2D eigenvalue weighted by atomic mass is 10.0. The van der Waals surface area contributed by atoms with E-state index in [0.717, 1.165) is 24.3 Å². The molecule has 1 N–H and O–H groups in total. The second-order valence-corrected chi connectivity index (χ2v) is 6.94. The van der Waals surface area contributed by atoms with Crippen molar-refractivity contribution in [1.82, 2.24) is 14.7 Å². The average molecular weight is 421 g/mol. The van der Waals surface area contributed by atoms with E-state index in [1.807, 2.05) is 54.6 Å². The summed E-state index contributed by atoms with van der Waals surface area (Å²) in [5, 5.41) is 7.28. The molecule has 7 heteroatoms. The van der Waals surface area contributed by atoms with Crippen LogP contribution >= 0.6 is 0 Å². The molecule has 0 aliphatic heterocycles. The van der Waals surface area contributed by atoms with E-state index < -0.39 is 5.97 Å². The molecule has 0 saturated heterocycles. The predicted molar refractivity (Wildman–Crippen MR) is 120 cm³/mol. The van der Waals surface area contributed by atoms with Crippen LogP contribution in [-0.4, -0.2) is 46.3 Å². The molecule has 1 atom stereocenters. The third-order valence-corrected chi connectivity index (χ3v) is 5.01. The molecule has 2 aromatic carbocycles. The van der Waals surface area contributed by atoms with E-state index in [1.165, 1.54) is 0 Å². The molecule has 1 heterocycles. The van der Waals surface area contributed by atoms with Crippen LogP contribution in [0.5, 0.6) is 0 Å². The molecule has 0 aliphatic rings. The lowest BCUT2D eigenvalue weighted by Crippen LogP contribution is -2.37. The summed E-state index contributed by atoms with van der Waals surface area (Å²) in [7, 11) is 0. The Kier molecular flexibility index (Phi) is 7.56. The highest BCUT2D eigenvalue weighted by Crippen LogP contribution is 2.23. The number of aromatic nitrogens is 2. The van der Waals surface area contributed by atoms with Crippen LogP contribution in [-0.2, 0) is 9.53 Å². The first-order chi connectivity index (χ1) is 15.1. The molecule has 1 unspecified atom stereocenters. The van der Waals surface area contributed by atoms with Gasteiger partial charge in [-0.15, -0.1) is 0 Å². The topological polar surface area (TPSA) is 76.5 Å². The fourth-order valence-corrected chi connectivity index (χ4v) is 3.44. The Labute approximate surface area is 182 Å². The highest BCUT2D eigenvalue weighted by atomic mass is 16.5. The summed E-state index contributed by atoms with van der Waals surface area (Å²) < 4.78 is 6.57. The number of nitrogens with zero attached hydrogens (tertiary/aromatic N) is 3. The number of ether oxygens (including phenoxy) is 1. The van der Waals surface area contributed by atoms with E-state index in [-0.39, 0.29) is 17.6 Å². The minimum Gasteiger partial charge on any atom is -0.461 e. The quantitative estimate of drug-likeness (QED) is 0.528. The van der Waals surface area contributed by atoms with E-state index in [1.54, 1.807) is 23.9 Å². The molecule has 0 aliphatic carbocycles. The predicted octanol–water partition coefficient (Wildman–Crippen LogP) is 4.07. The zero-order chi connectivity index (χ0) is 22.2. The molecular formula is C24H28N4O3. The van der Waals surface area contributed by atoms with Gasteiger partial charge in [-0.05, 0) is 55.9 Å². The smallest absolute Gasteiger partial charge is 0.358 e. The minimum absolute atomic E-state index is 0.0775. The van der Waals surface area contributed by atoms with Crippen LogP contribution in [0.1, 0.15) is 42.9 Å². The first-order valence-corrected chi connectivity index (χ1v) is 10.5. The van der Waals surface area contributed by atoms with Crippen molar-refractivity contribution in [2.75, 3.05) is 25.0 Å². The molecule has 1 aromatic heterocycles. The Balaban J connectivity index is 1.75. The second-order valence-electron chi connectivity index (χ2n) is 6.94. The van der Waals surface area contributed by atoms with E-state index in [0.29, 0.717) is 12.3 Å². The minimum atomic E-state index is -0.450. The normalized spacial score (nSPS) is 11.9. The van der Waals surface area contributed by atoms with Gasteiger partial charge in [-0.2, -0.15) is 5.10 Å². The van der Waals surface area contributed by atoms with Gasteiger partial charge in [0.25, 0.3) is 0 Å². The van der Waals surface area contributed by atoms with Crippen molar-refractivity contribution in [2.45, 2.75) is 26.8 Å². The maximum Gasteiger partial charge on any atom is 0.358 e. The summed E-state index contributed by atoms with van der Waals surface area (Å²) in [4.78, 5) is 27.1. The Hall–Kier alpha value is -3.45. The third-order valence-electron chi connectivity index (χ3n) is 5.01. The molecule has 3 aromatic rings. The Morgan fingerprint density at radius 2 is 1.68 bits per heavy atom. The van der Waals surface area contributed by atoms with Crippen LogP contribution in [0.3, 0.4) is 0 Å². The molecule has 0 spiro atoms. The lowest BCUT2D eigenvalue weighted by molar-refractivity contribution is -0.121. The van der Waals surface area contributed by atoms with Crippen molar-refractivity contribution in [3.05, 3.63) is 78.1 Å². The van der Waals surface area contributed by atoms with Gasteiger partial charge in [0, 0.05) is 11.9 Å². The SMILES string of the molecule is CCOC(=O)c1ccn(-c2ccc(NC(=O)C(c3ccccc3)N(CC)CC)cc2)n1. The van der Waals surface area contributed by atoms with Gasteiger partial charge in [0.15, 0.2) is 5.69 Å². The molecule has 162 valence electrons. The number of hydrogen-bond acceptors (Lipinski definition) is 5. The van der Waals surface area contributed by atoms with Crippen molar-refractivity contribution >= 4 is 17.6 Å². The number of carbonyl (C=O) groups is 2. The largest absolute Gasteiger partial charge is 0.461 e. The molecule has 0 bridgehead atoms. The van der Waals surface area contributed by atoms with Crippen LogP contribution in [0.2, 0.25) is 0 Å². The molecule has 0 saturated carbocycles. The fraction of sp³-hybridized carbons (Fsp3) is 0.292. The van der Waals surface area contributed by atoms with Crippen LogP contribution in [0.15, 0.2) is 66.9 Å². The van der Waals surface area contributed by atoms with Gasteiger partial charge >= 0.3 is 5.97 Å². The highest BCUT2D eigenvalue weighted by molar-refractivity contribution is 5.95. The Bertz CT molecular complexity index is 995. The van der Waals surface area contributed by atoms with E-state index in [2.05, 4.69) is 29.2 Å². The van der Waals surface area contributed by atoms with Gasteiger partial charge in [-0.3, -0.25) is 9.69 Å². The third kappa shape index (κ3) is 5.38. The first kappa shape index (κ1) is 22.2. The maximum absolute atomic E-state index is 13.1. The maximum atomic E-state index is 13.1. The van der Waals surface area contributed by atoms with Crippen molar-refractivity contribution in [3.8, 4) is 5.69 Å². The average Bonchev–Trinajstić information content (AvgIpc) is 3.29. The Morgan fingerprint density at radius 3 is 2.29 bits per heavy atom. The summed E-state index contributed by atoms with van der Waals surface area (Å²) in [5.41, 5.74) is 2.68. The summed E-state index contributed by atoms with van der Waals surface area (Å²) in [6, 6.07) is 18.4. The number of benzene rings is 2. The molecule has 0 radical (unpaired) electrons. The summed E-state index contributed by atoms with van der Waals surface area (Å²) in [6.45, 7) is 7.70. The number of anilines is 1. The van der Waals surface area contributed by atoms with E-state index >= 15 is 0 Å². The van der Waals surface area contributed by atoms with Gasteiger partial charge in [-0.25, -0.2) is 9.48 Å². The summed E-state index contributed by atoms with van der Waals surface area (Å²) in [6.07, 6.45) is 1.70. The van der Waals surface area contributed by atoms with Gasteiger partial charge in [0.2, 0.25) is 5.91 Å². The zero-order valence-corrected chi connectivity index (χ0v) is 18.1. The zero-order valence-electron chi connectivity index (χ0n) is 18.1. The number of esters is 1. The van der Waals surface area contributed by atoms with Crippen LogP contribution < -0.4 is 5.32 Å². The van der Waals surface area contributed by atoms with Gasteiger partial charge in [0.05, 0.1) is 12.3 Å². The van der Waals surface area contributed by atoms with Gasteiger partial charge in [0.1, 0.15) is 6.04 Å². The summed E-state index contributed by atoms with van der Waals surface area (Å²) >= 11 is 0. The van der Waals surface area contributed by atoms with Crippen molar-refractivity contribution in [1.29, 1.82) is 0 Å². The molecule has 1 amide bonds. The van der Waals surface area contributed by atoms with Crippen molar-refractivity contribution < 1.29 is 14.3 Å². The number of rotatable bonds is 9. The van der Waals surface area contributed by atoms with Crippen LogP contribution in [0.25, 0.3) is 5.69 Å². The van der Waals surface area contributed by atoms with Crippen LogP contribution in [0.4, 0.5) is 5.69 Å². The first-order valence-electron chi connectivity index (χ1n) is 10.5.